The quantitative estimate of drug-likeness (QED) is 0.0199. The van der Waals surface area contributed by atoms with Crippen LogP contribution in [0.5, 0.6) is 0 Å². The Morgan fingerprint density at radius 3 is 1.00 bits per heavy atom. The van der Waals surface area contributed by atoms with Gasteiger partial charge in [0.25, 0.3) is 0 Å². The highest BCUT2D eigenvalue weighted by molar-refractivity contribution is 5.76. The van der Waals surface area contributed by atoms with Crippen molar-refractivity contribution in [2.75, 3.05) is 26.4 Å². The van der Waals surface area contributed by atoms with Gasteiger partial charge < -0.3 is 89.9 Å². The first-order valence-electron chi connectivity index (χ1n) is 40.9. The number of nitrogens with one attached hydrogen (secondary N) is 1. The van der Waals surface area contributed by atoms with Crippen LogP contribution in [-0.4, -0.2) is 193 Å². The standard InChI is InChI=1S/C81H149NO18/c1-3-5-7-9-11-13-15-17-19-21-23-24-25-26-27-28-29-30-31-32-33-34-35-36-37-38-39-40-41-43-45-47-49-51-53-55-57-59-69(87)82-64(65(86)58-56-54-52-50-48-46-44-42-22-20-18-16-14-12-10-8-6-4-2)63-95-79-75(93)72(90)77(67(61-84)97-79)100-81-76(94)73(91)78(68(62-85)98-81)99-80-74(92)71(89)70(88)66(60-83)96-80/h21-23,42,48,50,56,58,64-68,70-81,83-86,88-94H,3-20,24-41,43-47,49,51-55,57,59-63H2,1-2H3,(H,82,87)/b23-21-,42-22+,50-48+,58-56+. The number of carbonyl (C=O) groups is 1. The Kier molecular flexibility index (Phi) is 56.9. The zero-order valence-corrected chi connectivity index (χ0v) is 62.7. The second kappa shape index (κ2) is 61.9. The molecule has 19 nitrogen and oxygen atoms in total. The molecule has 586 valence electrons. The largest absolute Gasteiger partial charge is 0.394 e. The molecule has 12 N–H and O–H groups in total. The Morgan fingerprint density at radius 2 is 0.640 bits per heavy atom. The Balaban J connectivity index is 1.32. The summed E-state index contributed by atoms with van der Waals surface area (Å²) in [5.74, 6) is -0.284. The summed E-state index contributed by atoms with van der Waals surface area (Å²) in [7, 11) is 0. The number of amides is 1. The number of hydrogen-bond acceptors (Lipinski definition) is 18. The molecule has 17 unspecified atom stereocenters. The van der Waals surface area contributed by atoms with Gasteiger partial charge in [0.1, 0.15) is 73.2 Å². The highest BCUT2D eigenvalue weighted by atomic mass is 16.8. The van der Waals surface area contributed by atoms with Gasteiger partial charge in [-0.1, -0.05) is 300 Å². The molecule has 3 aliphatic rings. The van der Waals surface area contributed by atoms with Gasteiger partial charge in [-0.05, 0) is 70.6 Å². The Labute approximate surface area is 605 Å². The lowest BCUT2D eigenvalue weighted by atomic mass is 9.96. The minimum absolute atomic E-state index is 0.235. The molecule has 0 aromatic carbocycles. The second-order valence-corrected chi connectivity index (χ2v) is 29.2. The van der Waals surface area contributed by atoms with Gasteiger partial charge in [0.2, 0.25) is 5.91 Å². The molecule has 0 aromatic heterocycles. The molecule has 0 bridgehead atoms. The summed E-state index contributed by atoms with van der Waals surface area (Å²) < 4.78 is 34.4. The Hall–Kier alpha value is -2.25. The van der Waals surface area contributed by atoms with Crippen LogP contribution in [0.25, 0.3) is 0 Å². The van der Waals surface area contributed by atoms with Crippen LogP contribution < -0.4 is 5.32 Å². The number of aliphatic hydroxyl groups is 11. The van der Waals surface area contributed by atoms with E-state index in [-0.39, 0.29) is 18.9 Å². The summed E-state index contributed by atoms with van der Waals surface area (Å²) in [6, 6.07) is -0.996. The number of allylic oxidation sites excluding steroid dienone is 7. The summed E-state index contributed by atoms with van der Waals surface area (Å²) in [5.41, 5.74) is 0. The highest BCUT2D eigenvalue weighted by Gasteiger charge is 2.54. The minimum atomic E-state index is -1.98. The van der Waals surface area contributed by atoms with Gasteiger partial charge in [-0.15, -0.1) is 0 Å². The van der Waals surface area contributed by atoms with Crippen LogP contribution >= 0.6 is 0 Å². The van der Waals surface area contributed by atoms with Crippen LogP contribution in [0.1, 0.15) is 328 Å². The van der Waals surface area contributed by atoms with Crippen LogP contribution in [0.4, 0.5) is 0 Å². The predicted molar refractivity (Wildman–Crippen MR) is 397 cm³/mol. The number of unbranched alkanes of at least 4 members (excludes halogenated alkanes) is 43. The molecule has 0 spiro atoms. The number of ether oxygens (including phenoxy) is 6. The van der Waals surface area contributed by atoms with Crippen LogP contribution in [0, 0.1) is 0 Å². The third-order valence-electron chi connectivity index (χ3n) is 20.3. The number of aliphatic hydroxyl groups excluding tert-OH is 11. The smallest absolute Gasteiger partial charge is 0.220 e. The fraction of sp³-hybridized carbons (Fsp3) is 0.889. The third kappa shape index (κ3) is 41.6. The van der Waals surface area contributed by atoms with E-state index in [9.17, 15) is 61.0 Å². The topological polar surface area (TPSA) is 307 Å². The molecule has 3 saturated heterocycles. The molecule has 1 amide bonds. The van der Waals surface area contributed by atoms with Crippen LogP contribution in [-0.2, 0) is 33.2 Å². The minimum Gasteiger partial charge on any atom is -0.394 e. The van der Waals surface area contributed by atoms with E-state index in [1.807, 2.05) is 6.08 Å². The van der Waals surface area contributed by atoms with E-state index in [4.69, 9.17) is 28.4 Å². The van der Waals surface area contributed by atoms with E-state index < -0.39 is 124 Å². The van der Waals surface area contributed by atoms with E-state index in [1.165, 1.54) is 250 Å². The summed E-state index contributed by atoms with van der Waals surface area (Å²) in [6.07, 6.45) is 51.3. The van der Waals surface area contributed by atoms with Crippen molar-refractivity contribution in [3.63, 3.8) is 0 Å². The SMILES string of the molecule is CCCCCCCCCC/C=C\CCCCCCCCCCCCCCCCCCCCCCCCCCCC(=O)NC(COC1OC(CO)C(OC2OC(CO)C(OC3OC(CO)C(O)C(O)C3O)C(O)C2O)C(O)C1O)C(O)/C=C/CC/C=C/CC/C=C/CCCCCCCCCC. The van der Waals surface area contributed by atoms with Crippen molar-refractivity contribution in [1.29, 1.82) is 0 Å². The molecule has 17 atom stereocenters. The lowest BCUT2D eigenvalue weighted by Crippen LogP contribution is -2.66. The zero-order chi connectivity index (χ0) is 72.5. The van der Waals surface area contributed by atoms with Gasteiger partial charge in [-0.2, -0.15) is 0 Å². The Bertz CT molecular complexity index is 1990. The van der Waals surface area contributed by atoms with Gasteiger partial charge in [0.05, 0.1) is 38.6 Å². The van der Waals surface area contributed by atoms with Crippen molar-refractivity contribution < 1.29 is 89.4 Å². The first-order valence-corrected chi connectivity index (χ1v) is 40.9. The van der Waals surface area contributed by atoms with Crippen LogP contribution in [0.3, 0.4) is 0 Å². The first kappa shape index (κ1) is 92.0. The molecule has 0 aliphatic carbocycles. The van der Waals surface area contributed by atoms with Gasteiger partial charge in [-0.3, -0.25) is 4.79 Å². The molecule has 3 aliphatic heterocycles. The lowest BCUT2D eigenvalue weighted by molar-refractivity contribution is -0.379. The van der Waals surface area contributed by atoms with Gasteiger partial charge >= 0.3 is 0 Å². The normalized spacial score (nSPS) is 26.7. The average Bonchev–Trinajstić information content (AvgIpc) is 0.783. The van der Waals surface area contributed by atoms with Gasteiger partial charge in [0.15, 0.2) is 18.9 Å². The van der Waals surface area contributed by atoms with Crippen molar-refractivity contribution in [3.05, 3.63) is 48.6 Å². The molecule has 3 heterocycles. The van der Waals surface area contributed by atoms with E-state index in [0.717, 1.165) is 44.9 Å². The summed E-state index contributed by atoms with van der Waals surface area (Å²) in [6.45, 7) is 1.74. The maximum absolute atomic E-state index is 13.5. The molecule has 100 heavy (non-hydrogen) atoms. The van der Waals surface area contributed by atoms with E-state index in [2.05, 4.69) is 55.6 Å². The predicted octanol–water partition coefficient (Wildman–Crippen LogP) is 13.7. The van der Waals surface area contributed by atoms with Crippen molar-refractivity contribution >= 4 is 5.91 Å². The maximum atomic E-state index is 13.5. The molecule has 0 aromatic rings. The monoisotopic (exact) mass is 1420 g/mol. The molecule has 0 radical (unpaired) electrons. The lowest BCUT2D eigenvalue weighted by Gasteiger charge is -2.48. The number of carbonyl (C=O) groups excluding carboxylic acids is 1. The fourth-order valence-electron chi connectivity index (χ4n) is 13.8. The third-order valence-corrected chi connectivity index (χ3v) is 20.3. The van der Waals surface area contributed by atoms with E-state index in [1.54, 1.807) is 6.08 Å². The first-order chi connectivity index (χ1) is 48.8. The maximum Gasteiger partial charge on any atom is 0.220 e. The highest BCUT2D eigenvalue weighted by Crippen LogP contribution is 2.33. The molecule has 0 saturated carbocycles. The second-order valence-electron chi connectivity index (χ2n) is 29.2. The fourth-order valence-corrected chi connectivity index (χ4v) is 13.8. The molecule has 3 fully saturated rings. The summed E-state index contributed by atoms with van der Waals surface area (Å²) >= 11 is 0. The molecule has 19 heteroatoms. The summed E-state index contributed by atoms with van der Waals surface area (Å²) in [5, 5.41) is 121. The zero-order valence-electron chi connectivity index (χ0n) is 62.7. The average molecular weight is 1430 g/mol. The van der Waals surface area contributed by atoms with Crippen molar-refractivity contribution in [3.8, 4) is 0 Å². The molecular weight excluding hydrogens is 1270 g/mol. The van der Waals surface area contributed by atoms with Gasteiger partial charge in [-0.25, -0.2) is 0 Å². The molecular formula is C81H149NO18. The number of rotatable bonds is 65. The number of hydrogen-bond donors (Lipinski definition) is 12. The molecule has 3 rings (SSSR count). The van der Waals surface area contributed by atoms with Crippen molar-refractivity contribution in [1.82, 2.24) is 5.32 Å². The van der Waals surface area contributed by atoms with Gasteiger partial charge in [0, 0.05) is 6.42 Å². The van der Waals surface area contributed by atoms with Crippen LogP contribution in [0.15, 0.2) is 48.6 Å². The van der Waals surface area contributed by atoms with Crippen LogP contribution in [0.2, 0.25) is 0 Å². The summed E-state index contributed by atoms with van der Waals surface area (Å²) in [4.78, 5) is 13.5. The van der Waals surface area contributed by atoms with Crippen molar-refractivity contribution in [2.24, 2.45) is 0 Å². The van der Waals surface area contributed by atoms with Crippen molar-refractivity contribution in [2.45, 2.75) is 433 Å². The van der Waals surface area contributed by atoms with E-state index >= 15 is 0 Å². The Morgan fingerprint density at radius 1 is 0.350 bits per heavy atom. The van der Waals surface area contributed by atoms with E-state index in [0.29, 0.717) is 12.8 Å².